The van der Waals surface area contributed by atoms with Gasteiger partial charge in [0.05, 0.1) is 12.7 Å². The first kappa shape index (κ1) is 17.7. The summed E-state index contributed by atoms with van der Waals surface area (Å²) in [5, 5.41) is 18.7. The lowest BCUT2D eigenvalue weighted by Crippen LogP contribution is -2.16. The Morgan fingerprint density at radius 3 is 2.35 bits per heavy atom. The number of hydrogen-bond acceptors (Lipinski definition) is 5. The van der Waals surface area contributed by atoms with Crippen molar-refractivity contribution >= 4 is 5.82 Å². The number of rotatable bonds is 4. The van der Waals surface area contributed by atoms with Crippen LogP contribution in [0.5, 0.6) is 0 Å². The fourth-order valence-electron chi connectivity index (χ4n) is 3.35. The third-order valence-electron chi connectivity index (χ3n) is 4.75. The number of anilines is 1. The van der Waals surface area contributed by atoms with Gasteiger partial charge >= 0.3 is 0 Å². The lowest BCUT2D eigenvalue weighted by molar-refractivity contribution is 0.0169. The van der Waals surface area contributed by atoms with Gasteiger partial charge in [0, 0.05) is 5.56 Å². The molecular formula is C20H20N4O2. The third kappa shape index (κ3) is 3.61. The molecule has 0 saturated heterocycles. The van der Waals surface area contributed by atoms with E-state index in [2.05, 4.69) is 4.98 Å². The maximum absolute atomic E-state index is 12.0. The van der Waals surface area contributed by atoms with Gasteiger partial charge < -0.3 is 15.5 Å². The maximum Gasteiger partial charge on any atom is 0.268 e. The fourth-order valence-corrected chi connectivity index (χ4v) is 3.35. The second kappa shape index (κ2) is 7.86. The number of ether oxygens (including phenoxy) is 1. The van der Waals surface area contributed by atoms with Crippen LogP contribution in [-0.2, 0) is 11.3 Å². The molecule has 6 nitrogen and oxygen atoms in total. The molecule has 1 aromatic heterocycles. The largest absolute Gasteiger partial charge is 0.384 e. The average molecular weight is 348 g/mol. The van der Waals surface area contributed by atoms with Gasteiger partial charge in [-0.3, -0.25) is 4.79 Å². The van der Waals surface area contributed by atoms with Gasteiger partial charge in [-0.1, -0.05) is 43.5 Å². The Hall–Kier alpha value is -3.09. The minimum atomic E-state index is -0.594. The van der Waals surface area contributed by atoms with Crippen LogP contribution in [0.2, 0.25) is 0 Å². The highest BCUT2D eigenvalue weighted by molar-refractivity contribution is 5.80. The molecule has 0 radical (unpaired) electrons. The zero-order valence-corrected chi connectivity index (χ0v) is 14.4. The number of aromatic nitrogens is 1. The molecule has 1 aromatic carbocycles. The first-order chi connectivity index (χ1) is 12.6. The van der Waals surface area contributed by atoms with Crippen molar-refractivity contribution in [1.29, 1.82) is 10.5 Å². The zero-order chi connectivity index (χ0) is 18.5. The molecule has 1 aliphatic carbocycles. The van der Waals surface area contributed by atoms with Crippen molar-refractivity contribution in [3.8, 4) is 23.3 Å². The number of H-pyrrole nitrogens is 1. The number of nitrogens with one attached hydrogen (secondary N) is 1. The van der Waals surface area contributed by atoms with Gasteiger partial charge in [-0.05, 0) is 24.0 Å². The average Bonchev–Trinajstić information content (AvgIpc) is 2.67. The predicted octanol–water partition coefficient (Wildman–Crippen LogP) is 3.22. The number of benzene rings is 1. The van der Waals surface area contributed by atoms with E-state index in [4.69, 9.17) is 10.5 Å². The number of pyridine rings is 1. The molecular weight excluding hydrogens is 328 g/mol. The SMILES string of the molecule is N#Cc1c(N)[nH]c(=O)c(C#N)c1-c1ccc(COC2CCCCC2)cc1. The van der Waals surface area contributed by atoms with E-state index in [1.807, 2.05) is 24.3 Å². The second-order valence-electron chi connectivity index (χ2n) is 6.48. The number of aromatic amines is 1. The van der Waals surface area contributed by atoms with Crippen molar-refractivity contribution in [2.24, 2.45) is 0 Å². The summed E-state index contributed by atoms with van der Waals surface area (Å²) in [6.45, 7) is 0.526. The quantitative estimate of drug-likeness (QED) is 0.880. The van der Waals surface area contributed by atoms with Crippen molar-refractivity contribution in [2.45, 2.75) is 44.8 Å². The molecule has 0 bridgehead atoms. The maximum atomic E-state index is 12.0. The second-order valence-corrected chi connectivity index (χ2v) is 6.48. The minimum Gasteiger partial charge on any atom is -0.384 e. The molecule has 2 aromatic rings. The highest BCUT2D eigenvalue weighted by Gasteiger charge is 2.18. The normalized spacial score (nSPS) is 14.5. The molecule has 1 aliphatic rings. The van der Waals surface area contributed by atoms with Crippen LogP contribution in [0.1, 0.15) is 48.8 Å². The molecule has 0 unspecified atom stereocenters. The van der Waals surface area contributed by atoms with E-state index in [1.165, 1.54) is 19.3 Å². The van der Waals surface area contributed by atoms with Crippen LogP contribution in [0.15, 0.2) is 29.1 Å². The molecule has 0 aliphatic heterocycles. The van der Waals surface area contributed by atoms with E-state index in [-0.39, 0.29) is 22.5 Å². The summed E-state index contributed by atoms with van der Waals surface area (Å²) in [6, 6.07) is 11.2. The van der Waals surface area contributed by atoms with Crippen LogP contribution >= 0.6 is 0 Å². The number of nitrogens with zero attached hydrogens (tertiary/aromatic N) is 2. The van der Waals surface area contributed by atoms with Crippen molar-refractivity contribution in [2.75, 3.05) is 5.73 Å². The smallest absolute Gasteiger partial charge is 0.268 e. The summed E-state index contributed by atoms with van der Waals surface area (Å²) in [7, 11) is 0. The monoisotopic (exact) mass is 348 g/mol. The topological polar surface area (TPSA) is 116 Å². The Morgan fingerprint density at radius 2 is 1.73 bits per heavy atom. The Kier molecular flexibility index (Phi) is 5.36. The van der Waals surface area contributed by atoms with Crippen molar-refractivity contribution in [3.63, 3.8) is 0 Å². The van der Waals surface area contributed by atoms with Crippen molar-refractivity contribution < 1.29 is 4.74 Å². The third-order valence-corrected chi connectivity index (χ3v) is 4.75. The van der Waals surface area contributed by atoms with E-state index in [0.29, 0.717) is 18.3 Å². The van der Waals surface area contributed by atoms with E-state index in [1.54, 1.807) is 12.1 Å². The van der Waals surface area contributed by atoms with Crippen molar-refractivity contribution in [1.82, 2.24) is 4.98 Å². The summed E-state index contributed by atoms with van der Waals surface area (Å²) < 4.78 is 5.96. The van der Waals surface area contributed by atoms with Crippen LogP contribution in [0.3, 0.4) is 0 Å². The highest BCUT2D eigenvalue weighted by Crippen LogP contribution is 2.28. The van der Waals surface area contributed by atoms with Gasteiger partial charge in [-0.15, -0.1) is 0 Å². The van der Waals surface area contributed by atoms with Gasteiger partial charge in [-0.2, -0.15) is 10.5 Å². The molecule has 3 rings (SSSR count). The van der Waals surface area contributed by atoms with Crippen LogP contribution in [0.25, 0.3) is 11.1 Å². The number of nitrogens with two attached hydrogens (primary N) is 1. The van der Waals surface area contributed by atoms with Gasteiger partial charge in [0.1, 0.15) is 29.1 Å². The summed E-state index contributed by atoms with van der Waals surface area (Å²) in [5.41, 5.74) is 7.04. The van der Waals surface area contributed by atoms with E-state index in [9.17, 15) is 15.3 Å². The van der Waals surface area contributed by atoms with Crippen molar-refractivity contribution in [3.05, 3.63) is 51.3 Å². The van der Waals surface area contributed by atoms with Gasteiger partial charge in [0.25, 0.3) is 5.56 Å². The standard InChI is InChI=1S/C20H20N4O2/c21-10-16-18(17(11-22)20(25)24-19(16)23)14-8-6-13(7-9-14)12-26-15-4-2-1-3-5-15/h6-9,15H,1-5,12H2,(H3,23,24,25). The summed E-state index contributed by atoms with van der Waals surface area (Å²) in [6.07, 6.45) is 6.29. The molecule has 6 heteroatoms. The minimum absolute atomic E-state index is 0.0313. The number of hydrogen-bond donors (Lipinski definition) is 2. The van der Waals surface area contributed by atoms with Gasteiger partial charge in [0.2, 0.25) is 0 Å². The molecule has 26 heavy (non-hydrogen) atoms. The summed E-state index contributed by atoms with van der Waals surface area (Å²) in [4.78, 5) is 14.3. The zero-order valence-electron chi connectivity index (χ0n) is 14.4. The summed E-state index contributed by atoms with van der Waals surface area (Å²) in [5.74, 6) is -0.0313. The van der Waals surface area contributed by atoms with Crippen LogP contribution in [0.4, 0.5) is 5.82 Å². The lowest BCUT2D eigenvalue weighted by Gasteiger charge is -2.22. The molecule has 0 spiro atoms. The molecule has 132 valence electrons. The summed E-state index contributed by atoms with van der Waals surface area (Å²) >= 11 is 0. The molecule has 3 N–H and O–H groups in total. The van der Waals surface area contributed by atoms with E-state index in [0.717, 1.165) is 18.4 Å². The van der Waals surface area contributed by atoms with E-state index >= 15 is 0 Å². The first-order valence-electron chi connectivity index (χ1n) is 8.71. The Morgan fingerprint density at radius 1 is 1.08 bits per heavy atom. The molecule has 1 saturated carbocycles. The van der Waals surface area contributed by atoms with E-state index < -0.39 is 5.56 Å². The molecule has 0 atom stereocenters. The fraction of sp³-hybridized carbons (Fsp3) is 0.350. The molecule has 0 amide bonds. The van der Waals surface area contributed by atoms with Crippen LogP contribution in [0, 0.1) is 22.7 Å². The number of nitrogen functional groups attached to an aromatic ring is 1. The predicted molar refractivity (Wildman–Crippen MR) is 98.0 cm³/mol. The Bertz CT molecular complexity index is 926. The highest BCUT2D eigenvalue weighted by atomic mass is 16.5. The van der Waals surface area contributed by atoms with Crippen LogP contribution < -0.4 is 11.3 Å². The van der Waals surface area contributed by atoms with Crippen LogP contribution in [-0.4, -0.2) is 11.1 Å². The Labute approximate surface area is 151 Å². The molecule has 1 fully saturated rings. The molecule has 1 heterocycles. The first-order valence-corrected chi connectivity index (χ1v) is 8.71. The number of nitriles is 2. The van der Waals surface area contributed by atoms with Gasteiger partial charge in [0.15, 0.2) is 0 Å². The Balaban J connectivity index is 1.86. The lowest BCUT2D eigenvalue weighted by atomic mass is 9.96. The van der Waals surface area contributed by atoms with Gasteiger partial charge in [-0.25, -0.2) is 0 Å².